The number of cyclic esters (lactones) is 1. The summed E-state index contributed by atoms with van der Waals surface area (Å²) in [5.41, 5.74) is -4.24. The minimum absolute atomic E-state index is 0.0473. The molecule has 0 spiro atoms. The molecule has 15 atom stereocenters. The van der Waals surface area contributed by atoms with Gasteiger partial charge in [-0.3, -0.25) is 9.59 Å². The quantitative estimate of drug-likeness (QED) is 0.318. The first kappa shape index (κ1) is 39.0. The molecule has 258 valence electrons. The first-order valence-corrected chi connectivity index (χ1v) is 16.5. The third kappa shape index (κ3) is 8.04. The van der Waals surface area contributed by atoms with Crippen LogP contribution in [0.5, 0.6) is 0 Å². The summed E-state index contributed by atoms with van der Waals surface area (Å²) in [6.45, 7) is 21.5. The van der Waals surface area contributed by atoms with Crippen molar-refractivity contribution in [3.05, 3.63) is 0 Å². The predicted molar refractivity (Wildman–Crippen MR) is 166 cm³/mol. The van der Waals surface area contributed by atoms with E-state index in [0.29, 0.717) is 0 Å². The number of aliphatic hydroxyl groups is 4. The molecule has 2 fully saturated rings. The fraction of sp³-hybridized carbons (Fsp3) is 0.941. The SMILES string of the molecule is CC[C@H]1OC(=O)[C@H](C)[C@@H](O[C@H]2C[C@@](C)(OC)[C@@H](O)[C@H](C)O2)[C@H](C)[C@@H](C(C)C(C)C)[C@](C)(O)C[C@@H](C)C(=O)[C@H](C)[C@@H](O)[C@]1(C)O. The summed E-state index contributed by atoms with van der Waals surface area (Å²) in [6, 6.07) is 0. The zero-order valence-corrected chi connectivity index (χ0v) is 29.4. The summed E-state index contributed by atoms with van der Waals surface area (Å²) in [6.07, 6.45) is -5.26. The summed E-state index contributed by atoms with van der Waals surface area (Å²) in [7, 11) is 1.52. The van der Waals surface area contributed by atoms with Gasteiger partial charge in [0.1, 0.15) is 23.6 Å². The van der Waals surface area contributed by atoms with Crippen molar-refractivity contribution in [3.8, 4) is 0 Å². The van der Waals surface area contributed by atoms with Gasteiger partial charge in [-0.2, -0.15) is 0 Å². The van der Waals surface area contributed by atoms with Crippen LogP contribution in [-0.4, -0.2) is 92.9 Å². The maximum Gasteiger partial charge on any atom is 0.311 e. The van der Waals surface area contributed by atoms with Gasteiger partial charge < -0.3 is 39.4 Å². The topological polar surface area (TPSA) is 152 Å². The number of carbonyl (C=O) groups is 2. The minimum atomic E-state index is -1.92. The molecule has 0 aliphatic carbocycles. The molecule has 0 aromatic carbocycles. The van der Waals surface area contributed by atoms with E-state index >= 15 is 0 Å². The Bertz CT molecular complexity index is 966. The van der Waals surface area contributed by atoms with E-state index < -0.39 is 89.2 Å². The summed E-state index contributed by atoms with van der Waals surface area (Å²) in [5, 5.41) is 45.7. The molecular weight excluding hydrogens is 568 g/mol. The number of esters is 1. The van der Waals surface area contributed by atoms with E-state index in [1.54, 1.807) is 48.5 Å². The number of aliphatic hydroxyl groups excluding tert-OH is 2. The summed E-state index contributed by atoms with van der Waals surface area (Å²) >= 11 is 0. The zero-order chi connectivity index (χ0) is 34.1. The summed E-state index contributed by atoms with van der Waals surface area (Å²) in [4.78, 5) is 27.5. The van der Waals surface area contributed by atoms with Crippen LogP contribution in [0.2, 0.25) is 0 Å². The highest BCUT2D eigenvalue weighted by molar-refractivity contribution is 5.83. The van der Waals surface area contributed by atoms with Crippen LogP contribution >= 0.6 is 0 Å². The number of ketones is 1. The van der Waals surface area contributed by atoms with Gasteiger partial charge in [0.05, 0.1) is 35.4 Å². The first-order chi connectivity index (χ1) is 20.1. The van der Waals surface area contributed by atoms with Crippen LogP contribution < -0.4 is 0 Å². The average molecular weight is 631 g/mol. The van der Waals surface area contributed by atoms with Crippen molar-refractivity contribution in [1.82, 2.24) is 0 Å². The molecule has 10 nitrogen and oxygen atoms in total. The Balaban J connectivity index is 2.72. The highest BCUT2D eigenvalue weighted by atomic mass is 16.7. The molecule has 2 aliphatic heterocycles. The molecule has 0 radical (unpaired) electrons. The molecule has 0 aromatic rings. The first-order valence-electron chi connectivity index (χ1n) is 16.5. The normalized spacial score (nSPS) is 47.6. The fourth-order valence-corrected chi connectivity index (χ4v) is 7.85. The second kappa shape index (κ2) is 14.7. The van der Waals surface area contributed by atoms with Crippen molar-refractivity contribution in [1.29, 1.82) is 0 Å². The third-order valence-electron chi connectivity index (χ3n) is 11.1. The lowest BCUT2D eigenvalue weighted by molar-refractivity contribution is -0.299. The van der Waals surface area contributed by atoms with E-state index in [1.165, 1.54) is 14.0 Å². The monoisotopic (exact) mass is 630 g/mol. The van der Waals surface area contributed by atoms with Gasteiger partial charge >= 0.3 is 5.97 Å². The Morgan fingerprint density at radius 3 is 2.00 bits per heavy atom. The molecule has 0 aromatic heterocycles. The second-order valence-corrected chi connectivity index (χ2v) is 15.0. The van der Waals surface area contributed by atoms with Crippen LogP contribution in [0.3, 0.4) is 0 Å². The number of ether oxygens (including phenoxy) is 4. The van der Waals surface area contributed by atoms with Crippen LogP contribution in [0.25, 0.3) is 0 Å². The van der Waals surface area contributed by atoms with Crippen molar-refractivity contribution < 1.29 is 49.0 Å². The third-order valence-corrected chi connectivity index (χ3v) is 11.1. The molecule has 10 heteroatoms. The highest BCUT2D eigenvalue weighted by Crippen LogP contribution is 2.45. The summed E-state index contributed by atoms with van der Waals surface area (Å²) < 4.78 is 24.3. The van der Waals surface area contributed by atoms with Gasteiger partial charge in [-0.25, -0.2) is 0 Å². The van der Waals surface area contributed by atoms with Crippen LogP contribution in [0, 0.1) is 41.4 Å². The molecule has 44 heavy (non-hydrogen) atoms. The number of hydrogen-bond donors (Lipinski definition) is 4. The van der Waals surface area contributed by atoms with Crippen molar-refractivity contribution >= 4 is 11.8 Å². The standard InChI is InChI=1S/C34H62O10/c1-14-24-34(12,40)29(36)21(7)27(35)18(4)15-32(10,39)26(19(5)17(2)3)20(6)28(22(8)31(38)43-24)44-25-16-33(11,41-13)30(37)23(9)42-25/h17-26,28-30,36-37,39-40H,14-16H2,1-13H3/t18-,19?,20-,21+,22-,23+,24-,25+,26-,28+,29-,30+,32-,33-,34-/m1/s1. The largest absolute Gasteiger partial charge is 0.459 e. The molecule has 0 saturated carbocycles. The smallest absolute Gasteiger partial charge is 0.311 e. The maximum atomic E-state index is 13.9. The van der Waals surface area contributed by atoms with E-state index in [2.05, 4.69) is 20.8 Å². The van der Waals surface area contributed by atoms with E-state index in [-0.39, 0.29) is 36.9 Å². The Kier molecular flexibility index (Phi) is 13.1. The highest BCUT2D eigenvalue weighted by Gasteiger charge is 2.52. The van der Waals surface area contributed by atoms with Crippen LogP contribution in [0.1, 0.15) is 102 Å². The molecule has 4 N–H and O–H groups in total. The number of Topliss-reactive ketones (excluding diaryl/α,β-unsaturated/α-hetero) is 1. The minimum Gasteiger partial charge on any atom is -0.459 e. The molecule has 2 heterocycles. The Labute approximate surface area is 265 Å². The average Bonchev–Trinajstić information content (AvgIpc) is 2.94. The van der Waals surface area contributed by atoms with Gasteiger partial charge in [0.15, 0.2) is 6.29 Å². The van der Waals surface area contributed by atoms with E-state index in [0.717, 1.165) is 0 Å². The molecule has 2 aliphatic rings. The van der Waals surface area contributed by atoms with Crippen molar-refractivity contribution in [2.45, 2.75) is 156 Å². The lowest BCUT2D eigenvalue weighted by atomic mass is 9.63. The van der Waals surface area contributed by atoms with Gasteiger partial charge in [0, 0.05) is 25.4 Å². The van der Waals surface area contributed by atoms with Gasteiger partial charge in [0.2, 0.25) is 0 Å². The predicted octanol–water partition coefficient (Wildman–Crippen LogP) is 3.88. The van der Waals surface area contributed by atoms with Gasteiger partial charge in [-0.15, -0.1) is 0 Å². The van der Waals surface area contributed by atoms with E-state index in [4.69, 9.17) is 18.9 Å². The lowest BCUT2D eigenvalue weighted by Crippen LogP contribution is -2.59. The van der Waals surface area contributed by atoms with E-state index in [9.17, 15) is 30.0 Å². The van der Waals surface area contributed by atoms with Crippen molar-refractivity contribution in [2.24, 2.45) is 41.4 Å². The number of carbonyl (C=O) groups excluding carboxylic acids is 2. The molecule has 2 rings (SSSR count). The molecule has 1 unspecified atom stereocenters. The van der Waals surface area contributed by atoms with Gasteiger partial charge in [-0.1, -0.05) is 48.5 Å². The number of methoxy groups -OCH3 is 1. The zero-order valence-electron chi connectivity index (χ0n) is 29.4. The summed E-state index contributed by atoms with van der Waals surface area (Å²) in [5.74, 6) is -4.15. The van der Waals surface area contributed by atoms with Crippen molar-refractivity contribution in [2.75, 3.05) is 7.11 Å². The van der Waals surface area contributed by atoms with Gasteiger partial charge in [-0.05, 0) is 71.1 Å². The van der Waals surface area contributed by atoms with Gasteiger partial charge in [0.25, 0.3) is 0 Å². The molecule has 0 bridgehead atoms. The number of hydrogen-bond acceptors (Lipinski definition) is 10. The molecule has 0 amide bonds. The van der Waals surface area contributed by atoms with Crippen LogP contribution in [-0.2, 0) is 28.5 Å². The molecular formula is C34H62O10. The fourth-order valence-electron chi connectivity index (χ4n) is 7.85. The van der Waals surface area contributed by atoms with Crippen LogP contribution in [0.4, 0.5) is 0 Å². The van der Waals surface area contributed by atoms with E-state index in [1.807, 2.05) is 6.92 Å². The maximum absolute atomic E-state index is 13.9. The van der Waals surface area contributed by atoms with Crippen molar-refractivity contribution in [3.63, 3.8) is 0 Å². The molecule has 2 saturated heterocycles. The number of rotatable bonds is 6. The lowest BCUT2D eigenvalue weighted by Gasteiger charge is -2.49. The van der Waals surface area contributed by atoms with Crippen LogP contribution in [0.15, 0.2) is 0 Å². The Hall–Kier alpha value is -1.14. The Morgan fingerprint density at radius 2 is 1.50 bits per heavy atom. The second-order valence-electron chi connectivity index (χ2n) is 15.0. The Morgan fingerprint density at radius 1 is 0.932 bits per heavy atom.